The molecular weight excluding hydrogens is 398 g/mol. The molecule has 3 rings (SSSR count). The zero-order chi connectivity index (χ0) is 22.4. The maximum atomic E-state index is 12.3. The van der Waals surface area contributed by atoms with E-state index in [0.29, 0.717) is 42.9 Å². The SMILES string of the molecule is Cc1cc(OCC(=O)OCC(=O)N(C)Cc2ccc3c(c2)OCCO3)ccc1C(C)C. The normalized spacial score (nSPS) is 12.4. The molecule has 0 N–H and O–H groups in total. The number of benzene rings is 2. The van der Waals surface area contributed by atoms with Crippen molar-refractivity contribution in [2.75, 3.05) is 33.5 Å². The average Bonchev–Trinajstić information content (AvgIpc) is 2.75. The molecule has 0 unspecified atom stereocenters. The van der Waals surface area contributed by atoms with E-state index in [4.69, 9.17) is 18.9 Å². The second-order valence-corrected chi connectivity index (χ2v) is 7.85. The van der Waals surface area contributed by atoms with E-state index < -0.39 is 5.97 Å². The maximum absolute atomic E-state index is 12.3. The Kier molecular flexibility index (Phi) is 7.39. The van der Waals surface area contributed by atoms with Crippen LogP contribution < -0.4 is 14.2 Å². The van der Waals surface area contributed by atoms with Gasteiger partial charge in [0.25, 0.3) is 5.91 Å². The highest BCUT2D eigenvalue weighted by Gasteiger charge is 2.16. The fourth-order valence-electron chi connectivity index (χ4n) is 3.37. The van der Waals surface area contributed by atoms with Crippen molar-refractivity contribution in [3.05, 3.63) is 53.1 Å². The summed E-state index contributed by atoms with van der Waals surface area (Å²) in [5, 5.41) is 0. The molecule has 0 radical (unpaired) electrons. The van der Waals surface area contributed by atoms with E-state index in [0.717, 1.165) is 11.1 Å². The number of likely N-dealkylation sites (N-methyl/N-ethyl adjacent to an activating group) is 1. The first-order valence-electron chi connectivity index (χ1n) is 10.3. The van der Waals surface area contributed by atoms with E-state index in [1.54, 1.807) is 7.05 Å². The molecule has 166 valence electrons. The number of ether oxygens (including phenoxy) is 4. The number of amides is 1. The van der Waals surface area contributed by atoms with Crippen LogP contribution in [-0.4, -0.2) is 50.3 Å². The largest absolute Gasteiger partial charge is 0.486 e. The highest BCUT2D eigenvalue weighted by molar-refractivity contribution is 5.80. The molecule has 7 heteroatoms. The van der Waals surface area contributed by atoms with Crippen molar-refractivity contribution in [3.8, 4) is 17.2 Å². The molecule has 0 saturated heterocycles. The average molecular weight is 427 g/mol. The van der Waals surface area contributed by atoms with Crippen LogP contribution in [0.5, 0.6) is 17.2 Å². The first-order valence-corrected chi connectivity index (χ1v) is 10.3. The maximum Gasteiger partial charge on any atom is 0.344 e. The number of carbonyl (C=O) groups is 2. The number of esters is 1. The number of hydrogen-bond donors (Lipinski definition) is 0. The first kappa shape index (κ1) is 22.5. The van der Waals surface area contributed by atoms with Crippen LogP contribution in [0.2, 0.25) is 0 Å². The van der Waals surface area contributed by atoms with Gasteiger partial charge < -0.3 is 23.8 Å². The summed E-state index contributed by atoms with van der Waals surface area (Å²) in [6.07, 6.45) is 0. The van der Waals surface area contributed by atoms with E-state index in [1.807, 2.05) is 43.3 Å². The third-order valence-electron chi connectivity index (χ3n) is 5.03. The van der Waals surface area contributed by atoms with Crippen LogP contribution >= 0.6 is 0 Å². The lowest BCUT2D eigenvalue weighted by Gasteiger charge is -2.21. The summed E-state index contributed by atoms with van der Waals surface area (Å²) in [6.45, 7) is 7.08. The van der Waals surface area contributed by atoms with Gasteiger partial charge in [0.15, 0.2) is 24.7 Å². The molecule has 7 nitrogen and oxygen atoms in total. The van der Waals surface area contributed by atoms with E-state index >= 15 is 0 Å². The molecule has 1 amide bonds. The van der Waals surface area contributed by atoms with Crippen LogP contribution in [0, 0.1) is 6.92 Å². The summed E-state index contributed by atoms with van der Waals surface area (Å²) in [6, 6.07) is 11.3. The molecule has 1 heterocycles. The van der Waals surface area contributed by atoms with Gasteiger partial charge in [-0.25, -0.2) is 4.79 Å². The van der Waals surface area contributed by atoms with Crippen LogP contribution in [-0.2, 0) is 20.9 Å². The summed E-state index contributed by atoms with van der Waals surface area (Å²) < 4.78 is 21.6. The number of carbonyl (C=O) groups excluding carboxylic acids is 2. The Morgan fingerprint density at radius 2 is 1.77 bits per heavy atom. The van der Waals surface area contributed by atoms with Crippen LogP contribution in [0.4, 0.5) is 0 Å². The van der Waals surface area contributed by atoms with Crippen molar-refractivity contribution in [1.82, 2.24) is 4.90 Å². The Morgan fingerprint density at radius 1 is 1.03 bits per heavy atom. The van der Waals surface area contributed by atoms with Gasteiger partial charge in [-0.15, -0.1) is 0 Å². The monoisotopic (exact) mass is 427 g/mol. The van der Waals surface area contributed by atoms with Gasteiger partial charge in [-0.1, -0.05) is 26.0 Å². The van der Waals surface area contributed by atoms with Crippen molar-refractivity contribution >= 4 is 11.9 Å². The Morgan fingerprint density at radius 3 is 2.48 bits per heavy atom. The molecule has 0 spiro atoms. The van der Waals surface area contributed by atoms with Crippen molar-refractivity contribution in [1.29, 1.82) is 0 Å². The van der Waals surface area contributed by atoms with Crippen molar-refractivity contribution < 1.29 is 28.5 Å². The van der Waals surface area contributed by atoms with Crippen LogP contribution in [0.3, 0.4) is 0 Å². The summed E-state index contributed by atoms with van der Waals surface area (Å²) in [5.74, 6) is 1.49. The molecular formula is C24H29NO6. The quantitative estimate of drug-likeness (QED) is 0.601. The van der Waals surface area contributed by atoms with Crippen molar-refractivity contribution in [2.45, 2.75) is 33.2 Å². The highest BCUT2D eigenvalue weighted by atomic mass is 16.6. The van der Waals surface area contributed by atoms with E-state index in [-0.39, 0.29) is 19.1 Å². The molecule has 0 fully saturated rings. The highest BCUT2D eigenvalue weighted by Crippen LogP contribution is 2.31. The van der Waals surface area contributed by atoms with Gasteiger partial charge in [0.1, 0.15) is 19.0 Å². The van der Waals surface area contributed by atoms with Gasteiger partial charge in [-0.05, 0) is 53.8 Å². The number of rotatable bonds is 8. The van der Waals surface area contributed by atoms with Gasteiger partial charge in [-0.3, -0.25) is 4.79 Å². The number of aryl methyl sites for hydroxylation is 1. The molecule has 0 aliphatic carbocycles. The third kappa shape index (κ3) is 6.13. The Balaban J connectivity index is 1.43. The second kappa shape index (κ2) is 10.2. The molecule has 0 saturated carbocycles. The van der Waals surface area contributed by atoms with Gasteiger partial charge in [0.2, 0.25) is 0 Å². The Bertz CT molecular complexity index is 940. The molecule has 2 aromatic carbocycles. The topological polar surface area (TPSA) is 74.3 Å². The van der Waals surface area contributed by atoms with Gasteiger partial charge in [0.05, 0.1) is 0 Å². The van der Waals surface area contributed by atoms with E-state index in [9.17, 15) is 9.59 Å². The second-order valence-electron chi connectivity index (χ2n) is 7.85. The molecule has 1 aliphatic rings. The van der Waals surface area contributed by atoms with E-state index in [2.05, 4.69) is 13.8 Å². The molecule has 0 aromatic heterocycles. The van der Waals surface area contributed by atoms with Crippen LogP contribution in [0.15, 0.2) is 36.4 Å². The fourth-order valence-corrected chi connectivity index (χ4v) is 3.37. The lowest BCUT2D eigenvalue weighted by atomic mass is 9.98. The number of fused-ring (bicyclic) bond motifs is 1. The number of hydrogen-bond acceptors (Lipinski definition) is 6. The molecule has 1 aliphatic heterocycles. The fraction of sp³-hybridized carbons (Fsp3) is 0.417. The van der Waals surface area contributed by atoms with Gasteiger partial charge in [-0.2, -0.15) is 0 Å². The minimum Gasteiger partial charge on any atom is -0.486 e. The van der Waals surface area contributed by atoms with Crippen molar-refractivity contribution in [3.63, 3.8) is 0 Å². The standard InChI is InChI=1S/C24H29NO6/c1-16(2)20-7-6-19(11-17(20)3)30-15-24(27)31-14-23(26)25(4)13-18-5-8-21-22(12-18)29-10-9-28-21/h5-8,11-12,16H,9-10,13-15H2,1-4H3. The number of nitrogens with zero attached hydrogens (tertiary/aromatic N) is 1. The summed E-state index contributed by atoms with van der Waals surface area (Å²) in [4.78, 5) is 25.8. The zero-order valence-electron chi connectivity index (χ0n) is 18.5. The Hall–Kier alpha value is -3.22. The first-order chi connectivity index (χ1) is 14.8. The van der Waals surface area contributed by atoms with E-state index in [1.165, 1.54) is 10.5 Å². The van der Waals surface area contributed by atoms with Crippen LogP contribution in [0.1, 0.15) is 36.5 Å². The molecule has 31 heavy (non-hydrogen) atoms. The third-order valence-corrected chi connectivity index (χ3v) is 5.03. The Labute approximate surface area is 182 Å². The minimum atomic E-state index is -0.591. The minimum absolute atomic E-state index is 0.250. The summed E-state index contributed by atoms with van der Waals surface area (Å²) in [5.41, 5.74) is 3.24. The smallest absolute Gasteiger partial charge is 0.344 e. The predicted molar refractivity (Wildman–Crippen MR) is 116 cm³/mol. The van der Waals surface area contributed by atoms with Gasteiger partial charge in [0, 0.05) is 13.6 Å². The summed E-state index contributed by atoms with van der Waals surface area (Å²) in [7, 11) is 1.66. The lowest BCUT2D eigenvalue weighted by Crippen LogP contribution is -2.31. The predicted octanol–water partition coefficient (Wildman–Crippen LogP) is 3.47. The molecule has 0 atom stereocenters. The molecule has 0 bridgehead atoms. The molecule has 2 aromatic rings. The van der Waals surface area contributed by atoms with Crippen molar-refractivity contribution in [2.24, 2.45) is 0 Å². The zero-order valence-corrected chi connectivity index (χ0v) is 18.5. The summed E-state index contributed by atoms with van der Waals surface area (Å²) >= 11 is 0. The van der Waals surface area contributed by atoms with Crippen LogP contribution in [0.25, 0.3) is 0 Å². The van der Waals surface area contributed by atoms with Gasteiger partial charge >= 0.3 is 5.97 Å². The lowest BCUT2D eigenvalue weighted by molar-refractivity contribution is -0.153.